The van der Waals surface area contributed by atoms with E-state index in [4.69, 9.17) is 14.0 Å². The van der Waals surface area contributed by atoms with Crippen molar-refractivity contribution in [2.45, 2.75) is 19.4 Å². The Morgan fingerprint density at radius 3 is 2.16 bits per heavy atom. The van der Waals surface area contributed by atoms with Gasteiger partial charge in [0.1, 0.15) is 18.1 Å². The number of hydrogen-bond acceptors (Lipinski definition) is 4. The molecule has 1 N–H and O–H groups in total. The van der Waals surface area contributed by atoms with Crippen molar-refractivity contribution < 1.29 is 22.4 Å². The SMILES string of the molecule is C=Cc1ccc(COc2cccc(OCCCCS(=O)(=O)O)c2-c2ccccc2)cc1. The van der Waals surface area contributed by atoms with Crippen LogP contribution in [0, 0.1) is 0 Å². The molecule has 0 aliphatic rings. The maximum atomic E-state index is 10.9. The van der Waals surface area contributed by atoms with Crippen LogP contribution in [0.4, 0.5) is 0 Å². The second kappa shape index (κ2) is 10.8. The molecule has 0 atom stereocenters. The number of ether oxygens (including phenoxy) is 2. The minimum absolute atomic E-state index is 0.268. The van der Waals surface area contributed by atoms with Gasteiger partial charge in [-0.25, -0.2) is 0 Å². The highest BCUT2D eigenvalue weighted by atomic mass is 32.2. The van der Waals surface area contributed by atoms with E-state index in [0.717, 1.165) is 22.3 Å². The van der Waals surface area contributed by atoms with Crippen molar-refractivity contribution in [3.8, 4) is 22.6 Å². The van der Waals surface area contributed by atoms with Crippen molar-refractivity contribution in [1.82, 2.24) is 0 Å². The predicted molar refractivity (Wildman–Crippen MR) is 124 cm³/mol. The summed E-state index contributed by atoms with van der Waals surface area (Å²) in [6, 6.07) is 23.5. The van der Waals surface area contributed by atoms with E-state index < -0.39 is 10.1 Å². The van der Waals surface area contributed by atoms with Crippen LogP contribution in [0.25, 0.3) is 17.2 Å². The van der Waals surface area contributed by atoms with E-state index in [1.165, 1.54) is 0 Å². The molecule has 0 aromatic heterocycles. The normalized spacial score (nSPS) is 11.1. The Morgan fingerprint density at radius 2 is 1.52 bits per heavy atom. The van der Waals surface area contributed by atoms with Gasteiger partial charge in [-0.15, -0.1) is 0 Å². The van der Waals surface area contributed by atoms with E-state index in [-0.39, 0.29) is 5.75 Å². The molecule has 0 bridgehead atoms. The van der Waals surface area contributed by atoms with Gasteiger partial charge in [0.25, 0.3) is 10.1 Å². The minimum Gasteiger partial charge on any atom is -0.493 e. The van der Waals surface area contributed by atoms with E-state index in [1.54, 1.807) is 6.08 Å². The zero-order chi connectivity index (χ0) is 22.1. The lowest BCUT2D eigenvalue weighted by Crippen LogP contribution is -2.06. The van der Waals surface area contributed by atoms with Crippen LogP contribution in [0.15, 0.2) is 79.4 Å². The van der Waals surface area contributed by atoms with Crippen LogP contribution in [0.5, 0.6) is 11.5 Å². The summed E-state index contributed by atoms with van der Waals surface area (Å²) in [6.45, 7) is 4.52. The second-order valence-corrected chi connectivity index (χ2v) is 8.64. The van der Waals surface area contributed by atoms with E-state index in [0.29, 0.717) is 37.6 Å². The zero-order valence-electron chi connectivity index (χ0n) is 17.2. The van der Waals surface area contributed by atoms with E-state index >= 15 is 0 Å². The van der Waals surface area contributed by atoms with Crippen molar-refractivity contribution in [3.63, 3.8) is 0 Å². The average Bonchev–Trinajstić information content (AvgIpc) is 2.77. The van der Waals surface area contributed by atoms with Crippen LogP contribution in [-0.4, -0.2) is 25.3 Å². The predicted octanol–water partition coefficient (Wildman–Crippen LogP) is 5.62. The van der Waals surface area contributed by atoms with Crippen LogP contribution >= 0.6 is 0 Å². The minimum atomic E-state index is -3.95. The summed E-state index contributed by atoms with van der Waals surface area (Å²) in [5, 5.41) is 0. The smallest absolute Gasteiger partial charge is 0.264 e. The molecular weight excluding hydrogens is 412 g/mol. The topological polar surface area (TPSA) is 72.8 Å². The summed E-state index contributed by atoms with van der Waals surface area (Å²) in [5.74, 6) is 1.10. The van der Waals surface area contributed by atoms with E-state index in [1.807, 2.05) is 72.8 Å². The highest BCUT2D eigenvalue weighted by molar-refractivity contribution is 7.85. The molecule has 3 aromatic rings. The molecule has 0 saturated heterocycles. The highest BCUT2D eigenvalue weighted by Crippen LogP contribution is 2.38. The van der Waals surface area contributed by atoms with Gasteiger partial charge in [-0.05, 0) is 41.7 Å². The molecule has 0 spiro atoms. The fraction of sp³-hybridized carbons (Fsp3) is 0.200. The van der Waals surface area contributed by atoms with Gasteiger partial charge in [-0.3, -0.25) is 4.55 Å². The highest BCUT2D eigenvalue weighted by Gasteiger charge is 2.14. The molecule has 3 rings (SSSR count). The summed E-state index contributed by atoms with van der Waals surface area (Å²) in [7, 11) is -3.95. The fourth-order valence-electron chi connectivity index (χ4n) is 3.12. The fourth-order valence-corrected chi connectivity index (χ4v) is 3.69. The van der Waals surface area contributed by atoms with Gasteiger partial charge in [0.05, 0.1) is 17.9 Å². The molecule has 0 radical (unpaired) electrons. The van der Waals surface area contributed by atoms with Crippen molar-refractivity contribution in [2.24, 2.45) is 0 Å². The molecule has 5 nitrogen and oxygen atoms in total. The van der Waals surface area contributed by atoms with Gasteiger partial charge in [-0.2, -0.15) is 8.42 Å². The first-order chi connectivity index (χ1) is 15.0. The van der Waals surface area contributed by atoms with Crippen molar-refractivity contribution in [2.75, 3.05) is 12.4 Å². The van der Waals surface area contributed by atoms with Gasteiger partial charge >= 0.3 is 0 Å². The molecular formula is C25H26O5S. The Kier molecular flexibility index (Phi) is 7.87. The van der Waals surface area contributed by atoms with Crippen LogP contribution in [-0.2, 0) is 16.7 Å². The molecule has 31 heavy (non-hydrogen) atoms. The molecule has 6 heteroatoms. The summed E-state index contributed by atoms with van der Waals surface area (Å²) >= 11 is 0. The zero-order valence-corrected chi connectivity index (χ0v) is 18.1. The Morgan fingerprint density at radius 1 is 0.839 bits per heavy atom. The summed E-state index contributed by atoms with van der Waals surface area (Å²) < 4.78 is 42.7. The van der Waals surface area contributed by atoms with Crippen molar-refractivity contribution in [3.05, 3.63) is 90.5 Å². The summed E-state index contributed by atoms with van der Waals surface area (Å²) in [5.41, 5.74) is 3.91. The van der Waals surface area contributed by atoms with Gasteiger partial charge < -0.3 is 9.47 Å². The summed E-state index contributed by atoms with van der Waals surface area (Å²) in [6.07, 6.45) is 2.64. The second-order valence-electron chi connectivity index (χ2n) is 7.07. The molecule has 0 saturated carbocycles. The first-order valence-corrected chi connectivity index (χ1v) is 11.7. The lowest BCUT2D eigenvalue weighted by atomic mass is 10.0. The number of rotatable bonds is 11. The molecule has 0 aliphatic carbocycles. The third-order valence-electron chi connectivity index (χ3n) is 4.71. The van der Waals surface area contributed by atoms with Gasteiger partial charge in [0.2, 0.25) is 0 Å². The van der Waals surface area contributed by atoms with Gasteiger partial charge in [0, 0.05) is 0 Å². The Bertz CT molecular complexity index is 1090. The Balaban J connectivity index is 1.76. The molecule has 3 aromatic carbocycles. The quantitative estimate of drug-likeness (QED) is 0.311. The van der Waals surface area contributed by atoms with Crippen LogP contribution in [0.2, 0.25) is 0 Å². The van der Waals surface area contributed by atoms with Gasteiger partial charge in [-0.1, -0.05) is 73.3 Å². The third kappa shape index (κ3) is 6.98. The molecule has 0 fully saturated rings. The Labute approximate surface area is 183 Å². The van der Waals surface area contributed by atoms with E-state index in [9.17, 15) is 8.42 Å². The average molecular weight is 439 g/mol. The largest absolute Gasteiger partial charge is 0.493 e. The maximum absolute atomic E-state index is 10.9. The molecule has 0 amide bonds. The van der Waals surface area contributed by atoms with Crippen molar-refractivity contribution >= 4 is 16.2 Å². The number of hydrogen-bond donors (Lipinski definition) is 1. The number of unbranched alkanes of at least 4 members (excludes halogenated alkanes) is 1. The lowest BCUT2D eigenvalue weighted by Gasteiger charge is -2.17. The standard InChI is InChI=1S/C25H26O5S/c1-2-20-13-15-21(16-14-20)19-30-24-12-8-11-23(25(24)22-9-4-3-5-10-22)29-17-6-7-18-31(26,27)28/h2-5,8-16H,1,6-7,17-19H2,(H,26,27,28). The summed E-state index contributed by atoms with van der Waals surface area (Å²) in [4.78, 5) is 0. The van der Waals surface area contributed by atoms with Crippen LogP contribution in [0.1, 0.15) is 24.0 Å². The molecule has 0 unspecified atom stereocenters. The third-order valence-corrected chi connectivity index (χ3v) is 5.52. The maximum Gasteiger partial charge on any atom is 0.264 e. The Hall–Kier alpha value is -3.09. The molecule has 0 heterocycles. The molecule has 0 aliphatic heterocycles. The van der Waals surface area contributed by atoms with E-state index in [2.05, 4.69) is 6.58 Å². The monoisotopic (exact) mass is 438 g/mol. The van der Waals surface area contributed by atoms with Crippen LogP contribution in [0.3, 0.4) is 0 Å². The molecule has 162 valence electrons. The first kappa shape index (κ1) is 22.6. The first-order valence-electron chi connectivity index (χ1n) is 10.1. The lowest BCUT2D eigenvalue weighted by molar-refractivity contribution is 0.294. The number of benzene rings is 3. The van der Waals surface area contributed by atoms with Crippen LogP contribution < -0.4 is 9.47 Å². The van der Waals surface area contributed by atoms with Gasteiger partial charge in [0.15, 0.2) is 0 Å². The van der Waals surface area contributed by atoms with Crippen molar-refractivity contribution in [1.29, 1.82) is 0 Å².